The molecular formula is C15H26O3. The van der Waals surface area contributed by atoms with Crippen LogP contribution in [-0.2, 0) is 9.47 Å². The lowest BCUT2D eigenvalue weighted by Gasteiger charge is -2.23. The molecule has 2 fully saturated rings. The van der Waals surface area contributed by atoms with E-state index in [-0.39, 0.29) is 12.2 Å². The second-order valence-corrected chi connectivity index (χ2v) is 5.99. The Morgan fingerprint density at radius 2 is 1.17 bits per heavy atom. The zero-order chi connectivity index (χ0) is 13.0. The third-order valence-corrected chi connectivity index (χ3v) is 4.69. The predicted octanol–water partition coefficient (Wildman–Crippen LogP) is 4.30. The molecule has 0 aromatic rings. The zero-order valence-corrected chi connectivity index (χ0v) is 11.7. The van der Waals surface area contributed by atoms with Gasteiger partial charge in [-0.1, -0.05) is 25.7 Å². The molecule has 2 aliphatic rings. The van der Waals surface area contributed by atoms with Crippen LogP contribution in [0, 0.1) is 11.8 Å². The van der Waals surface area contributed by atoms with Gasteiger partial charge in [0.1, 0.15) is 12.2 Å². The van der Waals surface area contributed by atoms with Crippen molar-refractivity contribution < 1.29 is 14.3 Å². The molecule has 0 amide bonds. The molecule has 0 N–H and O–H groups in total. The monoisotopic (exact) mass is 254 g/mol. The van der Waals surface area contributed by atoms with Crippen LogP contribution in [0.15, 0.2) is 0 Å². The Kier molecular flexibility index (Phi) is 4.90. The summed E-state index contributed by atoms with van der Waals surface area (Å²) in [7, 11) is 0. The van der Waals surface area contributed by atoms with Crippen LogP contribution in [0.2, 0.25) is 0 Å². The maximum atomic E-state index is 11.7. The van der Waals surface area contributed by atoms with Crippen molar-refractivity contribution in [1.82, 2.24) is 0 Å². The quantitative estimate of drug-likeness (QED) is 0.702. The Labute approximate surface area is 110 Å². The minimum absolute atomic E-state index is 0.00998. The summed E-state index contributed by atoms with van der Waals surface area (Å²) < 4.78 is 10.8. The minimum Gasteiger partial charge on any atom is -0.431 e. The molecule has 0 aliphatic heterocycles. The molecule has 18 heavy (non-hydrogen) atoms. The summed E-state index contributed by atoms with van der Waals surface area (Å²) in [5, 5.41) is 0. The van der Waals surface area contributed by atoms with Crippen molar-refractivity contribution in [3.63, 3.8) is 0 Å². The summed E-state index contributed by atoms with van der Waals surface area (Å²) in [5.74, 6) is 1.08. The number of carbonyl (C=O) groups excluding carboxylic acids is 1. The molecule has 0 spiro atoms. The summed E-state index contributed by atoms with van der Waals surface area (Å²) in [6.07, 6.45) is 9.38. The Hall–Kier alpha value is -0.730. The fourth-order valence-corrected chi connectivity index (χ4v) is 3.38. The van der Waals surface area contributed by atoms with Gasteiger partial charge in [-0.25, -0.2) is 4.79 Å². The third-order valence-electron chi connectivity index (χ3n) is 4.69. The van der Waals surface area contributed by atoms with Crippen molar-refractivity contribution in [1.29, 1.82) is 0 Å². The maximum Gasteiger partial charge on any atom is 0.508 e. The highest BCUT2D eigenvalue weighted by molar-refractivity contribution is 5.60. The van der Waals surface area contributed by atoms with Gasteiger partial charge in [-0.15, -0.1) is 0 Å². The lowest BCUT2D eigenvalue weighted by atomic mass is 10.0. The van der Waals surface area contributed by atoms with Crippen LogP contribution < -0.4 is 0 Å². The fraction of sp³-hybridized carbons (Fsp3) is 0.933. The molecule has 3 heteroatoms. The van der Waals surface area contributed by atoms with Gasteiger partial charge in [0.15, 0.2) is 0 Å². The van der Waals surface area contributed by atoms with Crippen molar-refractivity contribution in [2.24, 2.45) is 11.8 Å². The van der Waals surface area contributed by atoms with Crippen LogP contribution in [0.1, 0.15) is 65.2 Å². The van der Waals surface area contributed by atoms with Gasteiger partial charge in [0.25, 0.3) is 0 Å². The lowest BCUT2D eigenvalue weighted by molar-refractivity contribution is -0.0204. The van der Waals surface area contributed by atoms with E-state index in [0.717, 1.165) is 0 Å². The SMILES string of the molecule is CC(OC(=O)OC(C)C1CCCC1)C1CCCC1. The summed E-state index contributed by atoms with van der Waals surface area (Å²) in [6, 6.07) is 0. The largest absolute Gasteiger partial charge is 0.508 e. The van der Waals surface area contributed by atoms with Gasteiger partial charge in [0.05, 0.1) is 0 Å². The van der Waals surface area contributed by atoms with Gasteiger partial charge in [-0.2, -0.15) is 0 Å². The van der Waals surface area contributed by atoms with E-state index in [4.69, 9.17) is 9.47 Å². The summed E-state index contributed by atoms with van der Waals surface area (Å²) in [5.41, 5.74) is 0. The second-order valence-electron chi connectivity index (χ2n) is 5.99. The average Bonchev–Trinajstić information content (AvgIpc) is 3.02. The smallest absolute Gasteiger partial charge is 0.431 e. The molecule has 2 unspecified atom stereocenters. The average molecular weight is 254 g/mol. The van der Waals surface area contributed by atoms with Gasteiger partial charge in [-0.05, 0) is 51.4 Å². The van der Waals surface area contributed by atoms with Crippen molar-refractivity contribution in [2.45, 2.75) is 77.4 Å². The third kappa shape index (κ3) is 3.63. The Morgan fingerprint density at radius 3 is 1.50 bits per heavy atom. The highest BCUT2D eigenvalue weighted by Crippen LogP contribution is 2.31. The molecule has 0 saturated heterocycles. The highest BCUT2D eigenvalue weighted by atomic mass is 16.7. The summed E-state index contributed by atoms with van der Waals surface area (Å²) >= 11 is 0. The molecule has 2 saturated carbocycles. The Bertz CT molecular complexity index is 239. The molecule has 3 nitrogen and oxygen atoms in total. The summed E-state index contributed by atoms with van der Waals surface area (Å²) in [4.78, 5) is 11.7. The molecule has 0 radical (unpaired) electrons. The molecule has 0 aromatic heterocycles. The number of carbonyl (C=O) groups is 1. The minimum atomic E-state index is -0.464. The Morgan fingerprint density at radius 1 is 0.833 bits per heavy atom. The zero-order valence-electron chi connectivity index (χ0n) is 11.7. The van der Waals surface area contributed by atoms with Crippen molar-refractivity contribution in [3.8, 4) is 0 Å². The first-order valence-corrected chi connectivity index (χ1v) is 7.54. The molecule has 2 rings (SSSR count). The topological polar surface area (TPSA) is 35.5 Å². The van der Waals surface area contributed by atoms with Gasteiger partial charge in [0, 0.05) is 0 Å². The Balaban J connectivity index is 1.70. The van der Waals surface area contributed by atoms with Gasteiger partial charge < -0.3 is 9.47 Å². The molecule has 0 heterocycles. The first kappa shape index (κ1) is 13.7. The van der Waals surface area contributed by atoms with E-state index in [1.807, 2.05) is 13.8 Å². The first-order valence-electron chi connectivity index (χ1n) is 7.54. The number of hydrogen-bond acceptors (Lipinski definition) is 3. The lowest BCUT2D eigenvalue weighted by Crippen LogP contribution is -2.27. The molecular weight excluding hydrogens is 228 g/mol. The maximum absolute atomic E-state index is 11.7. The van der Waals surface area contributed by atoms with E-state index in [1.165, 1.54) is 51.4 Å². The van der Waals surface area contributed by atoms with E-state index >= 15 is 0 Å². The number of rotatable bonds is 4. The van der Waals surface area contributed by atoms with Crippen LogP contribution >= 0.6 is 0 Å². The second kappa shape index (κ2) is 6.44. The standard InChI is InChI=1S/C15H26O3/c1-11(13-7-3-4-8-13)17-15(16)18-12(2)14-9-5-6-10-14/h11-14H,3-10H2,1-2H3. The van der Waals surface area contributed by atoms with Gasteiger partial charge in [-0.3, -0.25) is 0 Å². The molecule has 0 bridgehead atoms. The number of hydrogen-bond donors (Lipinski definition) is 0. The molecule has 104 valence electrons. The number of ether oxygens (including phenoxy) is 2. The van der Waals surface area contributed by atoms with E-state index in [0.29, 0.717) is 11.8 Å². The van der Waals surface area contributed by atoms with Crippen LogP contribution in [0.3, 0.4) is 0 Å². The van der Waals surface area contributed by atoms with Crippen molar-refractivity contribution in [2.75, 3.05) is 0 Å². The van der Waals surface area contributed by atoms with Crippen LogP contribution in [-0.4, -0.2) is 18.4 Å². The van der Waals surface area contributed by atoms with E-state index in [9.17, 15) is 4.79 Å². The summed E-state index contributed by atoms with van der Waals surface area (Å²) in [6.45, 7) is 4.00. The van der Waals surface area contributed by atoms with Crippen LogP contribution in [0.4, 0.5) is 4.79 Å². The molecule has 2 atom stereocenters. The molecule has 0 aromatic carbocycles. The van der Waals surface area contributed by atoms with E-state index in [2.05, 4.69) is 0 Å². The normalized spacial score (nSPS) is 25.0. The van der Waals surface area contributed by atoms with Crippen LogP contribution in [0.5, 0.6) is 0 Å². The first-order chi connectivity index (χ1) is 8.66. The van der Waals surface area contributed by atoms with Crippen LogP contribution in [0.25, 0.3) is 0 Å². The van der Waals surface area contributed by atoms with E-state index in [1.54, 1.807) is 0 Å². The van der Waals surface area contributed by atoms with Gasteiger partial charge >= 0.3 is 6.16 Å². The van der Waals surface area contributed by atoms with E-state index < -0.39 is 6.16 Å². The van der Waals surface area contributed by atoms with Crippen molar-refractivity contribution >= 4 is 6.16 Å². The molecule has 2 aliphatic carbocycles. The van der Waals surface area contributed by atoms with Crippen molar-refractivity contribution in [3.05, 3.63) is 0 Å². The predicted molar refractivity (Wildman–Crippen MR) is 70.4 cm³/mol. The highest BCUT2D eigenvalue weighted by Gasteiger charge is 2.28. The fourth-order valence-electron chi connectivity index (χ4n) is 3.38. The van der Waals surface area contributed by atoms with Gasteiger partial charge in [0.2, 0.25) is 0 Å².